The van der Waals surface area contributed by atoms with E-state index in [2.05, 4.69) is 32.7 Å². The minimum Gasteiger partial charge on any atom is -0.313 e. The van der Waals surface area contributed by atoms with Crippen molar-refractivity contribution in [3.8, 4) is 0 Å². The Hall–Kier alpha value is -0.0600. The zero-order valence-corrected chi connectivity index (χ0v) is 13.6. The van der Waals surface area contributed by atoms with Crippen molar-refractivity contribution in [3.05, 3.63) is 54.6 Å². The van der Waals surface area contributed by atoms with Crippen LogP contribution in [0.4, 0.5) is 0 Å². The van der Waals surface area contributed by atoms with E-state index in [1.54, 1.807) is 17.4 Å². The molecule has 2 rings (SSSR count). The van der Waals surface area contributed by atoms with Gasteiger partial charge in [-0.1, -0.05) is 23.2 Å². The van der Waals surface area contributed by atoms with E-state index in [4.69, 9.17) is 23.2 Å². The first-order valence-corrected chi connectivity index (χ1v) is 7.88. The van der Waals surface area contributed by atoms with Gasteiger partial charge in [-0.15, -0.1) is 11.3 Å². The van der Waals surface area contributed by atoms with Gasteiger partial charge in [0, 0.05) is 31.9 Å². The molecule has 1 nitrogen and oxygen atoms in total. The monoisotopic (exact) mass is 363 g/mol. The zero-order chi connectivity index (χ0) is 13.1. The minimum absolute atomic E-state index is 0.205. The van der Waals surface area contributed by atoms with Crippen LogP contribution in [0.1, 0.15) is 16.5 Å². The lowest BCUT2D eigenvalue weighted by Crippen LogP contribution is -2.18. The molecule has 0 radical (unpaired) electrons. The Labute approximate surface area is 129 Å². The molecule has 0 amide bonds. The summed E-state index contributed by atoms with van der Waals surface area (Å²) in [7, 11) is 1.95. The minimum atomic E-state index is 0.205. The predicted molar refractivity (Wildman–Crippen MR) is 84.0 cm³/mol. The van der Waals surface area contributed by atoms with Crippen molar-refractivity contribution in [2.75, 3.05) is 7.05 Å². The summed E-state index contributed by atoms with van der Waals surface area (Å²) in [5, 5.41) is 6.73. The molecule has 1 atom stereocenters. The van der Waals surface area contributed by atoms with Crippen molar-refractivity contribution >= 4 is 50.5 Å². The molecule has 0 spiro atoms. The second kappa shape index (κ2) is 6.40. The second-order valence-corrected chi connectivity index (χ2v) is 6.67. The summed E-state index contributed by atoms with van der Waals surface area (Å²) in [6, 6.07) is 7.93. The maximum atomic E-state index is 6.05. The lowest BCUT2D eigenvalue weighted by atomic mass is 10.0. The number of benzene rings is 1. The van der Waals surface area contributed by atoms with E-state index in [0.29, 0.717) is 10.0 Å². The van der Waals surface area contributed by atoms with Crippen LogP contribution in [-0.4, -0.2) is 7.05 Å². The summed E-state index contributed by atoms with van der Waals surface area (Å²) in [4.78, 5) is 1.31. The van der Waals surface area contributed by atoms with Gasteiger partial charge in [0.2, 0.25) is 0 Å². The quantitative estimate of drug-likeness (QED) is 0.773. The van der Waals surface area contributed by atoms with Crippen molar-refractivity contribution in [1.29, 1.82) is 0 Å². The topological polar surface area (TPSA) is 12.0 Å². The summed E-state index contributed by atoms with van der Waals surface area (Å²) >= 11 is 17.4. The van der Waals surface area contributed by atoms with Crippen molar-refractivity contribution in [1.82, 2.24) is 5.32 Å². The first kappa shape index (κ1) is 14.4. The molecule has 5 heteroatoms. The fourth-order valence-electron chi connectivity index (χ4n) is 1.82. The van der Waals surface area contributed by atoms with Gasteiger partial charge in [0.05, 0.1) is 0 Å². The average Bonchev–Trinajstić information content (AvgIpc) is 2.70. The smallest absolute Gasteiger partial charge is 0.0424 e. The predicted octanol–water partition coefficient (Wildman–Crippen LogP) is 5.32. The highest BCUT2D eigenvalue weighted by Crippen LogP contribution is 2.30. The maximum Gasteiger partial charge on any atom is 0.0424 e. The molecule has 1 heterocycles. The van der Waals surface area contributed by atoms with E-state index in [1.807, 2.05) is 19.2 Å². The molecule has 0 aliphatic rings. The number of likely N-dealkylation sites (N-methyl/N-ethyl adjacent to an activating group) is 1. The van der Waals surface area contributed by atoms with Crippen LogP contribution in [0.15, 0.2) is 34.1 Å². The van der Waals surface area contributed by atoms with E-state index in [0.717, 1.165) is 16.5 Å². The molecule has 0 bridgehead atoms. The van der Waals surface area contributed by atoms with E-state index >= 15 is 0 Å². The van der Waals surface area contributed by atoms with Crippen LogP contribution in [0.5, 0.6) is 0 Å². The normalized spacial score (nSPS) is 12.7. The fourth-order valence-corrected chi connectivity index (χ4v) is 3.92. The molecule has 0 saturated heterocycles. The number of hydrogen-bond acceptors (Lipinski definition) is 2. The van der Waals surface area contributed by atoms with Gasteiger partial charge >= 0.3 is 0 Å². The van der Waals surface area contributed by atoms with Crippen LogP contribution in [0, 0.1) is 0 Å². The highest BCUT2D eigenvalue weighted by atomic mass is 79.9. The van der Waals surface area contributed by atoms with Crippen molar-refractivity contribution in [2.45, 2.75) is 12.5 Å². The van der Waals surface area contributed by atoms with Gasteiger partial charge in [0.15, 0.2) is 0 Å². The van der Waals surface area contributed by atoms with Crippen LogP contribution in [-0.2, 0) is 6.42 Å². The molecule has 0 saturated carbocycles. The van der Waals surface area contributed by atoms with Crippen LogP contribution in [0.3, 0.4) is 0 Å². The maximum absolute atomic E-state index is 6.05. The van der Waals surface area contributed by atoms with Crippen LogP contribution >= 0.6 is 50.5 Å². The highest BCUT2D eigenvalue weighted by Gasteiger charge is 2.14. The Morgan fingerprint density at radius 3 is 2.44 bits per heavy atom. The van der Waals surface area contributed by atoms with E-state index in [1.165, 1.54) is 4.88 Å². The second-order valence-electron chi connectivity index (χ2n) is 3.94. The molecule has 1 aromatic heterocycles. The van der Waals surface area contributed by atoms with Crippen molar-refractivity contribution < 1.29 is 0 Å². The Kier molecular flexibility index (Phi) is 5.10. The zero-order valence-electron chi connectivity index (χ0n) is 9.71. The summed E-state index contributed by atoms with van der Waals surface area (Å²) < 4.78 is 1.15. The molecular formula is C13H12BrCl2NS. The summed E-state index contributed by atoms with van der Waals surface area (Å²) in [6.45, 7) is 0. The first-order valence-electron chi connectivity index (χ1n) is 5.45. The van der Waals surface area contributed by atoms with Crippen molar-refractivity contribution in [2.24, 2.45) is 0 Å². The lowest BCUT2D eigenvalue weighted by Gasteiger charge is -2.17. The first-order chi connectivity index (χ1) is 8.60. The van der Waals surface area contributed by atoms with E-state index < -0.39 is 0 Å². The van der Waals surface area contributed by atoms with Gasteiger partial charge in [-0.25, -0.2) is 0 Å². The van der Waals surface area contributed by atoms with E-state index in [9.17, 15) is 0 Å². The number of thiophene rings is 1. The Balaban J connectivity index is 2.25. The van der Waals surface area contributed by atoms with Gasteiger partial charge < -0.3 is 5.32 Å². The molecule has 96 valence electrons. The average molecular weight is 365 g/mol. The summed E-state index contributed by atoms with van der Waals surface area (Å²) in [5.74, 6) is 0. The third kappa shape index (κ3) is 3.49. The number of hydrogen-bond donors (Lipinski definition) is 1. The van der Waals surface area contributed by atoms with Gasteiger partial charge in [-0.05, 0) is 58.2 Å². The molecule has 1 N–H and O–H groups in total. The third-order valence-electron chi connectivity index (χ3n) is 2.72. The molecule has 1 aromatic carbocycles. The Bertz CT molecular complexity index is 521. The molecule has 0 aliphatic heterocycles. The van der Waals surface area contributed by atoms with Gasteiger partial charge in [0.25, 0.3) is 0 Å². The van der Waals surface area contributed by atoms with Crippen molar-refractivity contribution in [3.63, 3.8) is 0 Å². The largest absolute Gasteiger partial charge is 0.313 e. The number of nitrogens with one attached hydrogen (secondary N) is 1. The molecule has 1 unspecified atom stereocenters. The standard InChI is InChI=1S/C13H12BrCl2NS/c1-17-12(7-13-11(14)2-3-18-13)8-4-9(15)6-10(16)5-8/h2-6,12,17H,7H2,1H3. The summed E-state index contributed by atoms with van der Waals surface area (Å²) in [6.07, 6.45) is 0.908. The molecule has 0 aliphatic carbocycles. The SMILES string of the molecule is CNC(Cc1sccc1Br)c1cc(Cl)cc(Cl)c1. The Morgan fingerprint density at radius 1 is 1.28 bits per heavy atom. The molecule has 18 heavy (non-hydrogen) atoms. The van der Waals surface area contributed by atoms with Crippen LogP contribution in [0.2, 0.25) is 10.0 Å². The Morgan fingerprint density at radius 2 is 1.94 bits per heavy atom. The van der Waals surface area contributed by atoms with Gasteiger partial charge in [-0.3, -0.25) is 0 Å². The molecule has 0 fully saturated rings. The number of rotatable bonds is 4. The van der Waals surface area contributed by atoms with Crippen LogP contribution in [0.25, 0.3) is 0 Å². The van der Waals surface area contributed by atoms with Crippen LogP contribution < -0.4 is 5.32 Å². The number of halogens is 3. The highest BCUT2D eigenvalue weighted by molar-refractivity contribution is 9.10. The van der Waals surface area contributed by atoms with Gasteiger partial charge in [-0.2, -0.15) is 0 Å². The van der Waals surface area contributed by atoms with E-state index in [-0.39, 0.29) is 6.04 Å². The summed E-state index contributed by atoms with van der Waals surface area (Å²) in [5.41, 5.74) is 1.11. The molecule has 2 aromatic rings. The molecular weight excluding hydrogens is 353 g/mol. The lowest BCUT2D eigenvalue weighted by molar-refractivity contribution is 0.596. The fraction of sp³-hybridized carbons (Fsp3) is 0.231. The third-order valence-corrected chi connectivity index (χ3v) is 5.10. The van der Waals surface area contributed by atoms with Gasteiger partial charge in [0.1, 0.15) is 0 Å².